The Kier molecular flexibility index (Phi) is 6.06. The fraction of sp³-hybridized carbons (Fsp3) is 0.941. The zero-order valence-corrected chi connectivity index (χ0v) is 15.4. The number of ether oxygens (including phenoxy) is 1. The Morgan fingerprint density at radius 1 is 1.23 bits per heavy atom. The monoisotopic (exact) mass is 328 g/mol. The standard InChI is InChI=1S/C17H32N2O2S/c1-16(2,3)21-15(20)19-14-8-7-13(11-14)18-12-17(22-4)9-5-6-10-17/h13-14,18H,5-12H2,1-4H3,(H,19,20). The second-order valence-electron chi connectivity index (χ2n) is 7.83. The molecule has 5 heteroatoms. The van der Waals surface area contributed by atoms with E-state index >= 15 is 0 Å². The van der Waals surface area contributed by atoms with Gasteiger partial charge in [0.15, 0.2) is 0 Å². The van der Waals surface area contributed by atoms with E-state index in [1.807, 2.05) is 32.5 Å². The van der Waals surface area contributed by atoms with Crippen molar-refractivity contribution in [2.24, 2.45) is 0 Å². The second kappa shape index (κ2) is 7.43. The Bertz CT molecular complexity index is 375. The highest BCUT2D eigenvalue weighted by Gasteiger charge is 2.34. The average Bonchev–Trinajstić information content (AvgIpc) is 3.04. The number of rotatable bonds is 5. The number of hydrogen-bond donors (Lipinski definition) is 2. The maximum Gasteiger partial charge on any atom is 0.407 e. The van der Waals surface area contributed by atoms with Gasteiger partial charge >= 0.3 is 6.09 Å². The van der Waals surface area contributed by atoms with Crippen molar-refractivity contribution in [3.63, 3.8) is 0 Å². The summed E-state index contributed by atoms with van der Waals surface area (Å²) in [5.41, 5.74) is -0.423. The number of hydrogen-bond acceptors (Lipinski definition) is 4. The van der Waals surface area contributed by atoms with Crippen LogP contribution in [-0.4, -0.2) is 41.3 Å². The topological polar surface area (TPSA) is 50.4 Å². The maximum atomic E-state index is 11.8. The molecule has 0 saturated heterocycles. The van der Waals surface area contributed by atoms with Crippen LogP contribution in [0.4, 0.5) is 4.79 Å². The lowest BCUT2D eigenvalue weighted by molar-refractivity contribution is 0.0505. The normalized spacial score (nSPS) is 27.8. The Morgan fingerprint density at radius 2 is 1.86 bits per heavy atom. The van der Waals surface area contributed by atoms with Gasteiger partial charge in [0, 0.05) is 23.4 Å². The highest BCUT2D eigenvalue weighted by molar-refractivity contribution is 8.00. The number of carbonyl (C=O) groups is 1. The largest absolute Gasteiger partial charge is 0.444 e. The van der Waals surface area contributed by atoms with E-state index in [2.05, 4.69) is 16.9 Å². The zero-order chi connectivity index (χ0) is 16.2. The molecule has 0 radical (unpaired) electrons. The first-order valence-corrected chi connectivity index (χ1v) is 9.82. The molecule has 0 spiro atoms. The van der Waals surface area contributed by atoms with Crippen molar-refractivity contribution in [3.05, 3.63) is 0 Å². The highest BCUT2D eigenvalue weighted by Crippen LogP contribution is 2.39. The van der Waals surface area contributed by atoms with Gasteiger partial charge in [0.1, 0.15) is 5.60 Å². The summed E-state index contributed by atoms with van der Waals surface area (Å²) in [4.78, 5) is 11.8. The van der Waals surface area contributed by atoms with E-state index in [9.17, 15) is 4.79 Å². The smallest absolute Gasteiger partial charge is 0.407 e. The molecule has 1 amide bonds. The van der Waals surface area contributed by atoms with Crippen LogP contribution in [0.1, 0.15) is 65.7 Å². The first-order chi connectivity index (χ1) is 10.3. The van der Waals surface area contributed by atoms with Gasteiger partial charge in [0.25, 0.3) is 0 Å². The van der Waals surface area contributed by atoms with Crippen LogP contribution in [0.5, 0.6) is 0 Å². The molecule has 0 bridgehead atoms. The molecule has 2 N–H and O–H groups in total. The molecule has 0 aromatic rings. The maximum absolute atomic E-state index is 11.8. The zero-order valence-electron chi connectivity index (χ0n) is 14.5. The molecule has 2 unspecified atom stereocenters. The van der Waals surface area contributed by atoms with Crippen LogP contribution in [0.25, 0.3) is 0 Å². The third-order valence-electron chi connectivity index (χ3n) is 4.81. The van der Waals surface area contributed by atoms with E-state index < -0.39 is 5.60 Å². The first-order valence-electron chi connectivity index (χ1n) is 8.60. The van der Waals surface area contributed by atoms with Gasteiger partial charge in [0.05, 0.1) is 0 Å². The lowest BCUT2D eigenvalue weighted by Crippen LogP contribution is -2.41. The minimum Gasteiger partial charge on any atom is -0.444 e. The van der Waals surface area contributed by atoms with Crippen LogP contribution < -0.4 is 10.6 Å². The first kappa shape index (κ1) is 17.9. The van der Waals surface area contributed by atoms with E-state index in [1.165, 1.54) is 25.7 Å². The summed E-state index contributed by atoms with van der Waals surface area (Å²) in [6.45, 7) is 6.80. The van der Waals surface area contributed by atoms with Crippen LogP contribution in [0.2, 0.25) is 0 Å². The Labute approximate surface area is 139 Å². The van der Waals surface area contributed by atoms with E-state index in [0.717, 1.165) is 25.8 Å². The fourth-order valence-corrected chi connectivity index (χ4v) is 4.50. The van der Waals surface area contributed by atoms with Gasteiger partial charge in [-0.05, 0) is 59.1 Å². The molecule has 0 heterocycles. The van der Waals surface area contributed by atoms with Crippen LogP contribution in [0.3, 0.4) is 0 Å². The number of carbonyl (C=O) groups excluding carboxylic acids is 1. The average molecular weight is 329 g/mol. The van der Waals surface area contributed by atoms with Gasteiger partial charge < -0.3 is 15.4 Å². The summed E-state index contributed by atoms with van der Waals surface area (Å²) >= 11 is 2.03. The summed E-state index contributed by atoms with van der Waals surface area (Å²) < 4.78 is 5.79. The predicted molar refractivity (Wildman–Crippen MR) is 93.5 cm³/mol. The molecule has 2 aliphatic carbocycles. The van der Waals surface area contributed by atoms with Crippen molar-refractivity contribution in [2.45, 2.75) is 88.1 Å². The molecular formula is C17H32N2O2S. The summed E-state index contributed by atoms with van der Waals surface area (Å²) in [6.07, 6.45) is 10.6. The van der Waals surface area contributed by atoms with Crippen molar-refractivity contribution in [3.8, 4) is 0 Å². The Hall–Kier alpha value is -0.420. The minimum atomic E-state index is -0.423. The van der Waals surface area contributed by atoms with Gasteiger partial charge in [-0.2, -0.15) is 11.8 Å². The van der Waals surface area contributed by atoms with Gasteiger partial charge in [0.2, 0.25) is 0 Å². The van der Waals surface area contributed by atoms with Crippen LogP contribution in [0, 0.1) is 0 Å². The molecule has 2 atom stereocenters. The third kappa shape index (κ3) is 5.34. The second-order valence-corrected chi connectivity index (χ2v) is 9.10. The van der Waals surface area contributed by atoms with Gasteiger partial charge in [-0.15, -0.1) is 0 Å². The van der Waals surface area contributed by atoms with Crippen molar-refractivity contribution >= 4 is 17.9 Å². The van der Waals surface area contributed by atoms with Crippen LogP contribution in [-0.2, 0) is 4.74 Å². The van der Waals surface area contributed by atoms with Gasteiger partial charge in [-0.25, -0.2) is 4.79 Å². The Balaban J connectivity index is 1.70. The van der Waals surface area contributed by atoms with Gasteiger partial charge in [-0.1, -0.05) is 12.8 Å². The molecule has 22 heavy (non-hydrogen) atoms. The molecule has 2 rings (SSSR count). The van der Waals surface area contributed by atoms with E-state index in [1.54, 1.807) is 0 Å². The summed E-state index contributed by atoms with van der Waals surface area (Å²) in [5.74, 6) is 0. The number of alkyl carbamates (subject to hydrolysis) is 1. The SMILES string of the molecule is CSC1(CNC2CCC(NC(=O)OC(C)(C)C)C2)CCCC1. The molecule has 0 aromatic heterocycles. The van der Waals surface area contributed by atoms with Crippen molar-refractivity contribution < 1.29 is 9.53 Å². The van der Waals surface area contributed by atoms with Crippen molar-refractivity contribution in [1.82, 2.24) is 10.6 Å². The molecular weight excluding hydrogens is 296 g/mol. The number of nitrogens with one attached hydrogen (secondary N) is 2. The molecule has 128 valence electrons. The van der Waals surface area contributed by atoms with Crippen molar-refractivity contribution in [1.29, 1.82) is 0 Å². The molecule has 4 nitrogen and oxygen atoms in total. The van der Waals surface area contributed by atoms with E-state index in [0.29, 0.717) is 10.8 Å². The number of thioether (sulfide) groups is 1. The van der Waals surface area contributed by atoms with Crippen LogP contribution in [0.15, 0.2) is 0 Å². The molecule has 0 aromatic carbocycles. The molecule has 0 aliphatic heterocycles. The quantitative estimate of drug-likeness (QED) is 0.808. The Morgan fingerprint density at radius 3 is 2.45 bits per heavy atom. The highest BCUT2D eigenvalue weighted by atomic mass is 32.2. The van der Waals surface area contributed by atoms with E-state index in [4.69, 9.17) is 4.74 Å². The third-order valence-corrected chi connectivity index (χ3v) is 6.23. The lowest BCUT2D eigenvalue weighted by Gasteiger charge is -2.29. The minimum absolute atomic E-state index is 0.251. The molecule has 2 saturated carbocycles. The van der Waals surface area contributed by atoms with Crippen LogP contribution >= 0.6 is 11.8 Å². The fourth-order valence-electron chi connectivity index (χ4n) is 3.57. The lowest BCUT2D eigenvalue weighted by atomic mass is 10.1. The van der Waals surface area contributed by atoms with Crippen molar-refractivity contribution in [2.75, 3.05) is 12.8 Å². The number of amides is 1. The van der Waals surface area contributed by atoms with Gasteiger partial charge in [-0.3, -0.25) is 0 Å². The molecule has 2 fully saturated rings. The summed E-state index contributed by atoms with van der Waals surface area (Å²) in [5, 5.41) is 6.76. The molecule has 2 aliphatic rings. The predicted octanol–water partition coefficient (Wildman–Crippen LogP) is 3.70. The summed E-state index contributed by atoms with van der Waals surface area (Å²) in [6, 6.07) is 0.783. The van der Waals surface area contributed by atoms with E-state index in [-0.39, 0.29) is 12.1 Å². The summed E-state index contributed by atoms with van der Waals surface area (Å²) in [7, 11) is 0.